The zero-order valence-corrected chi connectivity index (χ0v) is 37.3. The van der Waals surface area contributed by atoms with Crippen LogP contribution < -0.4 is 18.9 Å². The third kappa shape index (κ3) is 7.31. The smallest absolute Gasteiger partial charge is 0.147 e. The van der Waals surface area contributed by atoms with Gasteiger partial charge in [0.25, 0.3) is 0 Å². The summed E-state index contributed by atoms with van der Waals surface area (Å²) in [6.45, 7) is 8.12. The summed E-state index contributed by atoms with van der Waals surface area (Å²) in [4.78, 5) is 0. The van der Waals surface area contributed by atoms with Crippen molar-refractivity contribution in [2.24, 2.45) is 0 Å². The molecule has 8 heteroatoms. The Morgan fingerprint density at radius 2 is 0.769 bits per heavy atom. The number of ether oxygens (including phenoxy) is 4. The third-order valence-electron chi connectivity index (χ3n) is 12.4. The van der Waals surface area contributed by atoms with Crippen molar-refractivity contribution in [3.05, 3.63) is 169 Å². The Bertz CT molecular complexity index is 3100. The summed E-state index contributed by atoms with van der Waals surface area (Å²) in [7, 11) is 3.27. The molecule has 0 aliphatic rings. The number of para-hydroxylation sites is 4. The molecule has 0 bridgehead atoms. The van der Waals surface area contributed by atoms with E-state index >= 15 is 0 Å². The molecule has 0 spiro atoms. The molecule has 2 N–H and O–H groups in total. The fourth-order valence-corrected chi connectivity index (χ4v) is 9.53. The summed E-state index contributed by atoms with van der Waals surface area (Å²) in [5.41, 5.74) is 10.0. The largest absolute Gasteiger partial charge is 0.505 e. The van der Waals surface area contributed by atoms with Gasteiger partial charge in [0.15, 0.2) is 0 Å². The van der Waals surface area contributed by atoms with Crippen LogP contribution in [0, 0.1) is 13.8 Å². The van der Waals surface area contributed by atoms with Crippen LogP contribution in [0.2, 0.25) is 0 Å². The van der Waals surface area contributed by atoms with E-state index in [4.69, 9.17) is 18.9 Å². The van der Waals surface area contributed by atoms with Gasteiger partial charge >= 0.3 is 0 Å². The van der Waals surface area contributed by atoms with Crippen LogP contribution in [0.15, 0.2) is 158 Å². The molecule has 2 aromatic heterocycles. The molecular formula is C57H50N2O6. The Hall–Kier alpha value is -7.84. The molecule has 0 saturated carbocycles. The number of aryl methyl sites for hydroxylation is 2. The maximum atomic E-state index is 12.3. The summed E-state index contributed by atoms with van der Waals surface area (Å²) in [6.07, 6.45) is -0.0933. The summed E-state index contributed by atoms with van der Waals surface area (Å²) >= 11 is 0. The number of hydrogen-bond donors (Lipinski definition) is 2. The van der Waals surface area contributed by atoms with Gasteiger partial charge in [-0.05, 0) is 124 Å². The van der Waals surface area contributed by atoms with E-state index in [2.05, 4.69) is 57.7 Å². The Labute approximate surface area is 378 Å². The summed E-state index contributed by atoms with van der Waals surface area (Å²) < 4.78 is 29.2. The third-order valence-corrected chi connectivity index (χ3v) is 12.4. The fraction of sp³-hybridized carbons (Fsp3) is 0.158. The maximum absolute atomic E-state index is 12.3. The lowest BCUT2D eigenvalue weighted by Gasteiger charge is -2.24. The summed E-state index contributed by atoms with van der Waals surface area (Å²) in [6, 6.07) is 52.5. The van der Waals surface area contributed by atoms with Crippen molar-refractivity contribution in [2.75, 3.05) is 14.2 Å². The first-order valence-corrected chi connectivity index (χ1v) is 22.0. The van der Waals surface area contributed by atoms with Gasteiger partial charge in [-0.1, -0.05) is 72.8 Å². The number of methoxy groups -OCH3 is 2. The number of aromatic nitrogens is 2. The molecule has 0 amide bonds. The number of phenols is 2. The van der Waals surface area contributed by atoms with Gasteiger partial charge in [-0.25, -0.2) is 0 Å². The van der Waals surface area contributed by atoms with E-state index in [1.165, 1.54) is 0 Å². The lowest BCUT2D eigenvalue weighted by Crippen LogP contribution is -2.23. The van der Waals surface area contributed by atoms with Crippen LogP contribution in [0.1, 0.15) is 31.4 Å². The number of benzene rings is 8. The van der Waals surface area contributed by atoms with Gasteiger partial charge in [-0.2, -0.15) is 0 Å². The number of fused-ring (bicyclic) bond motifs is 6. The summed E-state index contributed by atoms with van der Waals surface area (Å²) in [5, 5.41) is 29.0. The second-order valence-corrected chi connectivity index (χ2v) is 16.9. The van der Waals surface area contributed by atoms with Crippen LogP contribution in [0.3, 0.4) is 0 Å². The molecule has 324 valence electrons. The molecule has 0 fully saturated rings. The molecule has 0 aliphatic carbocycles. The Kier molecular flexibility index (Phi) is 10.6. The average Bonchev–Trinajstić information content (AvgIpc) is 3.83. The molecule has 10 aromatic rings. The van der Waals surface area contributed by atoms with Crippen molar-refractivity contribution < 1.29 is 29.2 Å². The quantitative estimate of drug-likeness (QED) is 0.127. The number of rotatable bonds is 12. The first kappa shape index (κ1) is 41.2. The molecule has 0 radical (unpaired) electrons. The van der Waals surface area contributed by atoms with Crippen molar-refractivity contribution in [3.8, 4) is 68.1 Å². The molecule has 65 heavy (non-hydrogen) atoms. The van der Waals surface area contributed by atoms with Crippen molar-refractivity contribution in [1.29, 1.82) is 0 Å². The minimum atomic E-state index is -0.308. The van der Waals surface area contributed by atoms with Crippen LogP contribution in [-0.4, -0.2) is 45.8 Å². The van der Waals surface area contributed by atoms with Gasteiger partial charge in [0.2, 0.25) is 0 Å². The molecular weight excluding hydrogens is 809 g/mol. The monoisotopic (exact) mass is 858 g/mol. The van der Waals surface area contributed by atoms with Gasteiger partial charge in [-0.15, -0.1) is 0 Å². The predicted octanol–water partition coefficient (Wildman–Crippen LogP) is 13.9. The molecule has 2 atom stereocenters. The normalized spacial score (nSPS) is 12.5. The summed E-state index contributed by atoms with van der Waals surface area (Å²) in [5.74, 6) is 2.76. The number of aromatic hydroxyl groups is 2. The second kappa shape index (κ2) is 16.7. The van der Waals surface area contributed by atoms with Crippen LogP contribution in [-0.2, 0) is 0 Å². The molecule has 0 aliphatic heterocycles. The Morgan fingerprint density at radius 3 is 1.11 bits per heavy atom. The highest BCUT2D eigenvalue weighted by atomic mass is 16.5. The van der Waals surface area contributed by atoms with Crippen molar-refractivity contribution in [2.45, 2.75) is 46.3 Å². The highest BCUT2D eigenvalue weighted by molar-refractivity contribution is 6.10. The fourth-order valence-electron chi connectivity index (χ4n) is 9.53. The minimum Gasteiger partial charge on any atom is -0.505 e. The lowest BCUT2D eigenvalue weighted by atomic mass is 9.99. The topological polar surface area (TPSA) is 87.2 Å². The molecule has 8 nitrogen and oxygen atoms in total. The van der Waals surface area contributed by atoms with Crippen molar-refractivity contribution >= 4 is 43.6 Å². The number of phenolic OH excluding ortho intramolecular Hbond substituents is 2. The van der Waals surface area contributed by atoms with Gasteiger partial charge in [0, 0.05) is 50.2 Å². The standard InChI is InChI=1S/C57H50N2O6/c1-34-27-46(56(60)52(29-34)58-48-19-11-7-15-40(48)41-16-8-12-20-49(41)58)44-32-38(62-5)23-25-54(44)64-36(3)31-37(4)65-55-26-24-39(63-6)33-45(55)47-28-35(2)30-53(57(47)61)59-50-21-13-9-17-42(50)43-18-10-14-22-51(43)59/h7-30,32-33,36-37,60-61H,31H2,1-6H3/t36-,37?/m1/s1. The average molecular weight is 859 g/mol. The SMILES string of the molecule is COc1ccc(OC(C)C[C@@H](C)Oc2ccc(OC)cc2-c2cc(C)cc(-n3c4ccccc4c4ccccc43)c2O)c(-c2cc(C)cc(-n3c4ccccc4c4ccccc43)c2O)c1. The van der Waals surface area contributed by atoms with Crippen LogP contribution in [0.5, 0.6) is 34.5 Å². The highest BCUT2D eigenvalue weighted by Gasteiger charge is 2.24. The van der Waals surface area contributed by atoms with E-state index in [0.717, 1.165) is 54.7 Å². The zero-order valence-electron chi connectivity index (χ0n) is 37.3. The van der Waals surface area contributed by atoms with Gasteiger partial charge in [0.1, 0.15) is 34.5 Å². The minimum absolute atomic E-state index is 0.136. The van der Waals surface area contributed by atoms with Crippen LogP contribution in [0.25, 0.3) is 77.2 Å². The lowest BCUT2D eigenvalue weighted by molar-refractivity contribution is 0.131. The van der Waals surface area contributed by atoms with E-state index in [1.807, 2.05) is 137 Å². The van der Waals surface area contributed by atoms with Crippen molar-refractivity contribution in [3.63, 3.8) is 0 Å². The maximum Gasteiger partial charge on any atom is 0.147 e. The van der Waals surface area contributed by atoms with E-state index in [9.17, 15) is 10.2 Å². The molecule has 8 aromatic carbocycles. The predicted molar refractivity (Wildman–Crippen MR) is 263 cm³/mol. The van der Waals surface area contributed by atoms with E-state index < -0.39 is 0 Å². The van der Waals surface area contributed by atoms with E-state index in [1.54, 1.807) is 14.2 Å². The second-order valence-electron chi connectivity index (χ2n) is 16.9. The van der Waals surface area contributed by atoms with E-state index in [0.29, 0.717) is 63.0 Å². The Balaban J connectivity index is 0.970. The first-order chi connectivity index (χ1) is 31.6. The molecule has 2 heterocycles. The van der Waals surface area contributed by atoms with Gasteiger partial charge < -0.3 is 38.3 Å². The van der Waals surface area contributed by atoms with Gasteiger partial charge in [0.05, 0.1) is 59.9 Å². The number of nitrogens with zero attached hydrogens (tertiary/aromatic N) is 2. The Morgan fingerprint density at radius 1 is 0.431 bits per heavy atom. The molecule has 0 saturated heterocycles. The highest BCUT2D eigenvalue weighted by Crippen LogP contribution is 2.46. The molecule has 10 rings (SSSR count). The first-order valence-electron chi connectivity index (χ1n) is 22.0. The molecule has 1 unspecified atom stereocenters. The number of hydrogen-bond acceptors (Lipinski definition) is 6. The van der Waals surface area contributed by atoms with Gasteiger partial charge in [-0.3, -0.25) is 0 Å². The van der Waals surface area contributed by atoms with Crippen LogP contribution >= 0.6 is 0 Å². The van der Waals surface area contributed by atoms with Crippen LogP contribution in [0.4, 0.5) is 0 Å². The van der Waals surface area contributed by atoms with E-state index in [-0.39, 0.29) is 23.7 Å². The zero-order chi connectivity index (χ0) is 44.9. The van der Waals surface area contributed by atoms with Crippen molar-refractivity contribution in [1.82, 2.24) is 9.13 Å².